The van der Waals surface area contributed by atoms with Crippen LogP contribution in [0.4, 0.5) is 0 Å². The topological polar surface area (TPSA) is 29.1 Å². The third-order valence-electron chi connectivity index (χ3n) is 5.00. The van der Waals surface area contributed by atoms with Gasteiger partial charge in [0.2, 0.25) is 0 Å². The zero-order chi connectivity index (χ0) is 14.7. The Morgan fingerprint density at radius 2 is 1.81 bits per heavy atom. The van der Waals surface area contributed by atoms with Crippen LogP contribution in [-0.4, -0.2) is 11.8 Å². The minimum atomic E-state index is 0.265. The summed E-state index contributed by atoms with van der Waals surface area (Å²) >= 11 is 0. The molecule has 1 saturated carbocycles. The second-order valence-corrected chi connectivity index (χ2v) is 6.66. The second-order valence-electron chi connectivity index (χ2n) is 6.66. The first-order valence-corrected chi connectivity index (χ1v) is 8.27. The van der Waals surface area contributed by atoms with E-state index in [9.17, 15) is 4.79 Å². The Hall–Kier alpha value is -1.57. The van der Waals surface area contributed by atoms with Gasteiger partial charge in [-0.2, -0.15) is 0 Å². The minimum Gasteiger partial charge on any atom is -0.385 e. The number of benzene rings is 1. The van der Waals surface area contributed by atoms with E-state index in [2.05, 4.69) is 36.5 Å². The van der Waals surface area contributed by atoms with E-state index in [1.54, 1.807) is 0 Å². The van der Waals surface area contributed by atoms with Crippen LogP contribution in [-0.2, 0) is 4.79 Å². The molecule has 1 fully saturated rings. The molecule has 1 N–H and O–H groups in total. The maximum Gasteiger partial charge on any atom is 0.158 e. The number of hydrogen-bond donors (Lipinski definition) is 1. The van der Waals surface area contributed by atoms with Crippen molar-refractivity contribution >= 4 is 5.78 Å². The van der Waals surface area contributed by atoms with Gasteiger partial charge in [0.15, 0.2) is 5.78 Å². The van der Waals surface area contributed by atoms with Crippen LogP contribution in [0.5, 0.6) is 0 Å². The lowest BCUT2D eigenvalue weighted by Gasteiger charge is -2.33. The van der Waals surface area contributed by atoms with Crippen LogP contribution in [0.1, 0.15) is 56.9 Å². The highest BCUT2D eigenvalue weighted by molar-refractivity contribution is 5.92. The smallest absolute Gasteiger partial charge is 0.158 e. The average Bonchev–Trinajstić information content (AvgIpc) is 2.50. The molecule has 3 atom stereocenters. The van der Waals surface area contributed by atoms with E-state index in [1.807, 2.05) is 12.1 Å². The number of ketones is 1. The van der Waals surface area contributed by atoms with Gasteiger partial charge in [0, 0.05) is 24.2 Å². The molecule has 0 bridgehead atoms. The quantitative estimate of drug-likeness (QED) is 0.901. The monoisotopic (exact) mass is 283 g/mol. The highest BCUT2D eigenvalue weighted by Gasteiger charge is 2.26. The van der Waals surface area contributed by atoms with Crippen molar-refractivity contribution in [3.8, 4) is 0 Å². The maximum atomic E-state index is 12.1. The third-order valence-corrected chi connectivity index (χ3v) is 5.00. The lowest BCUT2D eigenvalue weighted by atomic mass is 9.83. The first kappa shape index (κ1) is 14.4. The number of allylic oxidation sites excluding steroid dienone is 2. The molecule has 2 nitrogen and oxygen atoms in total. The second kappa shape index (κ2) is 6.46. The Balaban J connectivity index is 1.69. The van der Waals surface area contributed by atoms with E-state index in [4.69, 9.17) is 0 Å². The van der Waals surface area contributed by atoms with Crippen molar-refractivity contribution in [3.05, 3.63) is 47.7 Å². The van der Waals surface area contributed by atoms with Crippen molar-refractivity contribution in [1.29, 1.82) is 0 Å². The number of carbonyl (C=O) groups excluding carboxylic acids is 1. The lowest BCUT2D eigenvalue weighted by molar-refractivity contribution is -0.115. The van der Waals surface area contributed by atoms with Crippen molar-refractivity contribution in [3.63, 3.8) is 0 Å². The van der Waals surface area contributed by atoms with Crippen molar-refractivity contribution in [2.45, 2.75) is 57.4 Å². The first-order chi connectivity index (χ1) is 10.2. The predicted octanol–water partition coefficient (Wildman–Crippen LogP) is 4.19. The van der Waals surface area contributed by atoms with Gasteiger partial charge in [0.25, 0.3) is 0 Å². The fraction of sp³-hybridized carbons (Fsp3) is 0.526. The van der Waals surface area contributed by atoms with Crippen molar-refractivity contribution in [2.24, 2.45) is 5.92 Å². The Bertz CT molecular complexity index is 520. The normalized spacial score (nSPS) is 29.9. The molecule has 21 heavy (non-hydrogen) atoms. The van der Waals surface area contributed by atoms with Gasteiger partial charge >= 0.3 is 0 Å². The fourth-order valence-electron chi connectivity index (χ4n) is 3.72. The van der Waals surface area contributed by atoms with Crippen molar-refractivity contribution < 1.29 is 4.79 Å². The molecule has 0 radical (unpaired) electrons. The van der Waals surface area contributed by atoms with E-state index in [0.717, 1.165) is 12.1 Å². The molecule has 0 amide bonds. The van der Waals surface area contributed by atoms with Gasteiger partial charge in [0.1, 0.15) is 0 Å². The van der Waals surface area contributed by atoms with Gasteiger partial charge in [0.05, 0.1) is 0 Å². The summed E-state index contributed by atoms with van der Waals surface area (Å²) < 4.78 is 0. The molecule has 2 heteroatoms. The van der Waals surface area contributed by atoms with Gasteiger partial charge < -0.3 is 5.32 Å². The average molecular weight is 283 g/mol. The summed E-state index contributed by atoms with van der Waals surface area (Å²) in [6, 6.07) is 11.0. The molecule has 0 spiro atoms. The summed E-state index contributed by atoms with van der Waals surface area (Å²) in [5.41, 5.74) is 2.44. The van der Waals surface area contributed by atoms with Crippen LogP contribution in [0, 0.1) is 5.92 Å². The number of nitrogens with one attached hydrogen (secondary N) is 1. The van der Waals surface area contributed by atoms with E-state index < -0.39 is 0 Å². The highest BCUT2D eigenvalue weighted by atomic mass is 16.1. The molecule has 3 unspecified atom stereocenters. The molecule has 1 aromatic carbocycles. The highest BCUT2D eigenvalue weighted by Crippen LogP contribution is 2.32. The Kier molecular flexibility index (Phi) is 4.42. The van der Waals surface area contributed by atoms with Gasteiger partial charge in [-0.1, -0.05) is 50.1 Å². The van der Waals surface area contributed by atoms with Gasteiger partial charge in [-0.25, -0.2) is 0 Å². The molecule has 2 aliphatic rings. The summed E-state index contributed by atoms with van der Waals surface area (Å²) in [5, 5.41) is 3.68. The lowest BCUT2D eigenvalue weighted by Crippen LogP contribution is -2.38. The van der Waals surface area contributed by atoms with Crippen molar-refractivity contribution in [1.82, 2.24) is 5.32 Å². The summed E-state index contributed by atoms with van der Waals surface area (Å²) in [4.78, 5) is 12.1. The molecule has 0 aromatic heterocycles. The van der Waals surface area contributed by atoms with Gasteiger partial charge in [-0.3, -0.25) is 4.79 Å². The molecule has 112 valence electrons. The van der Waals surface area contributed by atoms with Crippen LogP contribution in [0.25, 0.3) is 0 Å². The third kappa shape index (κ3) is 3.55. The molecule has 0 saturated heterocycles. The van der Waals surface area contributed by atoms with E-state index in [0.29, 0.717) is 24.3 Å². The number of carbonyl (C=O) groups is 1. The molecular weight excluding hydrogens is 258 g/mol. The van der Waals surface area contributed by atoms with Gasteiger partial charge in [-0.15, -0.1) is 0 Å². The SMILES string of the molecule is CC1CCCCC1NC1=CC(=O)CC(c2ccccc2)C1. The molecule has 0 heterocycles. The fourth-order valence-corrected chi connectivity index (χ4v) is 3.72. The van der Waals surface area contributed by atoms with Crippen LogP contribution in [0.2, 0.25) is 0 Å². The minimum absolute atomic E-state index is 0.265. The Labute approximate surface area is 127 Å². The molecule has 2 aliphatic carbocycles. The summed E-state index contributed by atoms with van der Waals surface area (Å²) in [5.74, 6) is 1.32. The Morgan fingerprint density at radius 3 is 2.57 bits per heavy atom. The van der Waals surface area contributed by atoms with Crippen LogP contribution < -0.4 is 5.32 Å². The molecule has 0 aliphatic heterocycles. The van der Waals surface area contributed by atoms with Gasteiger partial charge in [-0.05, 0) is 36.7 Å². The summed E-state index contributed by atoms with van der Waals surface area (Å²) in [7, 11) is 0. The van der Waals surface area contributed by atoms with E-state index in [-0.39, 0.29) is 5.78 Å². The Morgan fingerprint density at radius 1 is 1.05 bits per heavy atom. The molecule has 3 rings (SSSR count). The summed E-state index contributed by atoms with van der Waals surface area (Å²) in [6.45, 7) is 2.33. The zero-order valence-corrected chi connectivity index (χ0v) is 12.8. The first-order valence-electron chi connectivity index (χ1n) is 8.27. The largest absolute Gasteiger partial charge is 0.385 e. The van der Waals surface area contributed by atoms with E-state index >= 15 is 0 Å². The van der Waals surface area contributed by atoms with E-state index in [1.165, 1.54) is 31.2 Å². The maximum absolute atomic E-state index is 12.1. The zero-order valence-electron chi connectivity index (χ0n) is 12.8. The van der Waals surface area contributed by atoms with Crippen molar-refractivity contribution in [2.75, 3.05) is 0 Å². The van der Waals surface area contributed by atoms with Crippen LogP contribution >= 0.6 is 0 Å². The number of rotatable bonds is 3. The number of hydrogen-bond acceptors (Lipinski definition) is 2. The summed E-state index contributed by atoms with van der Waals surface area (Å²) in [6.07, 6.45) is 8.67. The standard InChI is InChI=1S/C19H25NO/c1-14-7-5-6-10-19(14)20-17-11-16(12-18(21)13-17)15-8-3-2-4-9-15/h2-4,8-9,13-14,16,19-20H,5-7,10-12H2,1H3. The van der Waals surface area contributed by atoms with Crippen LogP contribution in [0.15, 0.2) is 42.1 Å². The molecule has 1 aromatic rings. The molecular formula is C19H25NO. The predicted molar refractivity (Wildman–Crippen MR) is 86.1 cm³/mol. The van der Waals surface area contributed by atoms with Crippen LogP contribution in [0.3, 0.4) is 0 Å².